The van der Waals surface area contributed by atoms with Gasteiger partial charge in [0.05, 0.1) is 12.6 Å². The average Bonchev–Trinajstić information content (AvgIpc) is 3.23. The fourth-order valence-corrected chi connectivity index (χ4v) is 4.08. The first-order valence-electron chi connectivity index (χ1n) is 9.07. The highest BCUT2D eigenvalue weighted by molar-refractivity contribution is 5.96. The molecule has 2 aliphatic heterocycles. The highest BCUT2D eigenvalue weighted by atomic mass is 16.5. The van der Waals surface area contributed by atoms with Gasteiger partial charge in [-0.25, -0.2) is 0 Å². The third kappa shape index (κ3) is 3.06. The molecule has 1 aromatic carbocycles. The quantitative estimate of drug-likeness (QED) is 0.860. The summed E-state index contributed by atoms with van der Waals surface area (Å²) >= 11 is 0. The number of anilines is 1. The van der Waals surface area contributed by atoms with Crippen molar-refractivity contribution in [3.8, 4) is 0 Å². The summed E-state index contributed by atoms with van der Waals surface area (Å²) in [5.74, 6) is 1.44. The van der Waals surface area contributed by atoms with Gasteiger partial charge in [-0.05, 0) is 50.8 Å². The molecule has 6 nitrogen and oxygen atoms in total. The van der Waals surface area contributed by atoms with Crippen LogP contribution in [0.25, 0.3) is 0 Å². The van der Waals surface area contributed by atoms with Crippen LogP contribution in [-0.4, -0.2) is 40.1 Å². The molecule has 2 aliphatic rings. The highest BCUT2D eigenvalue weighted by Gasteiger charge is 2.34. The van der Waals surface area contributed by atoms with Gasteiger partial charge in [0.2, 0.25) is 11.8 Å². The predicted molar refractivity (Wildman–Crippen MR) is 94.3 cm³/mol. The van der Waals surface area contributed by atoms with Gasteiger partial charge in [-0.1, -0.05) is 23.4 Å². The van der Waals surface area contributed by atoms with Crippen molar-refractivity contribution in [2.75, 3.05) is 18.0 Å². The van der Waals surface area contributed by atoms with Crippen molar-refractivity contribution in [3.05, 3.63) is 41.5 Å². The maximum atomic E-state index is 13.1. The van der Waals surface area contributed by atoms with E-state index in [1.54, 1.807) is 6.92 Å². The van der Waals surface area contributed by atoms with Gasteiger partial charge >= 0.3 is 0 Å². The summed E-state index contributed by atoms with van der Waals surface area (Å²) in [6.07, 6.45) is 4.07. The molecule has 1 aromatic heterocycles. The van der Waals surface area contributed by atoms with Crippen LogP contribution in [0.1, 0.15) is 49.5 Å². The number of aryl methyl sites for hydroxylation is 2. The van der Waals surface area contributed by atoms with E-state index in [-0.39, 0.29) is 18.0 Å². The van der Waals surface area contributed by atoms with E-state index in [1.165, 1.54) is 5.56 Å². The second kappa shape index (κ2) is 6.59. The zero-order valence-electron chi connectivity index (χ0n) is 14.8. The molecule has 0 spiro atoms. The highest BCUT2D eigenvalue weighted by Crippen LogP contribution is 2.33. The molecule has 25 heavy (non-hydrogen) atoms. The number of carbonyl (C=O) groups is 1. The van der Waals surface area contributed by atoms with Crippen LogP contribution in [0.5, 0.6) is 0 Å². The van der Waals surface area contributed by atoms with Gasteiger partial charge in [-0.2, -0.15) is 4.98 Å². The number of likely N-dealkylation sites (tertiary alicyclic amines) is 1. The number of nitrogens with zero attached hydrogens (tertiary/aromatic N) is 4. The molecule has 1 amide bonds. The number of fused-ring (bicyclic) bond motifs is 1. The second-order valence-corrected chi connectivity index (χ2v) is 7.08. The van der Waals surface area contributed by atoms with E-state index in [0.717, 1.165) is 37.9 Å². The van der Waals surface area contributed by atoms with Crippen LogP contribution in [-0.2, 0) is 11.2 Å². The lowest BCUT2D eigenvalue weighted by Crippen LogP contribution is -2.47. The van der Waals surface area contributed by atoms with Gasteiger partial charge in [-0.3, -0.25) is 9.69 Å². The van der Waals surface area contributed by atoms with Gasteiger partial charge < -0.3 is 9.42 Å². The Morgan fingerprint density at radius 1 is 1.32 bits per heavy atom. The van der Waals surface area contributed by atoms with E-state index in [1.807, 2.05) is 17.0 Å². The number of aromatic nitrogens is 2. The summed E-state index contributed by atoms with van der Waals surface area (Å²) in [5, 5.41) is 4.07. The Balaban J connectivity index is 1.53. The molecule has 0 aliphatic carbocycles. The van der Waals surface area contributed by atoms with Crippen LogP contribution >= 0.6 is 0 Å². The third-order valence-electron chi connectivity index (χ3n) is 5.34. The van der Waals surface area contributed by atoms with Gasteiger partial charge in [0.1, 0.15) is 0 Å². The summed E-state index contributed by atoms with van der Waals surface area (Å²) in [6, 6.07) is 8.56. The van der Waals surface area contributed by atoms with Gasteiger partial charge in [0.15, 0.2) is 5.82 Å². The van der Waals surface area contributed by atoms with Crippen molar-refractivity contribution in [3.63, 3.8) is 0 Å². The van der Waals surface area contributed by atoms with Gasteiger partial charge in [-0.15, -0.1) is 0 Å². The smallest absolute Gasteiger partial charge is 0.241 e. The normalized spacial score (nSPS) is 23.7. The molecule has 2 aromatic rings. The Labute approximate surface area is 147 Å². The number of hydrogen-bond donors (Lipinski definition) is 0. The van der Waals surface area contributed by atoms with E-state index in [4.69, 9.17) is 4.52 Å². The molecule has 1 saturated heterocycles. The van der Waals surface area contributed by atoms with E-state index < -0.39 is 0 Å². The average molecular weight is 340 g/mol. The number of hydrogen-bond acceptors (Lipinski definition) is 5. The third-order valence-corrected chi connectivity index (χ3v) is 5.34. The number of rotatable bonds is 3. The lowest BCUT2D eigenvalue weighted by Gasteiger charge is -2.36. The Bertz CT molecular complexity index is 772. The standard InChI is InChI=1S/C19H24N4O2/c1-13-9-10-15-6-3-4-7-16(15)23(13)18(24)12-22-11-5-8-17(22)19-20-14(2)25-21-19/h3-4,6-7,13,17H,5,8-12H2,1-2H3/t13-,17-/m1/s1. The Morgan fingerprint density at radius 2 is 2.16 bits per heavy atom. The summed E-state index contributed by atoms with van der Waals surface area (Å²) < 4.78 is 5.13. The van der Waals surface area contributed by atoms with Crippen LogP contribution in [0.4, 0.5) is 5.69 Å². The second-order valence-electron chi connectivity index (χ2n) is 7.08. The number of para-hydroxylation sites is 1. The fraction of sp³-hybridized carbons (Fsp3) is 0.526. The summed E-state index contributed by atoms with van der Waals surface area (Å²) in [4.78, 5) is 21.7. The van der Waals surface area contributed by atoms with Crippen molar-refractivity contribution in [1.82, 2.24) is 15.0 Å². The zero-order chi connectivity index (χ0) is 17.4. The van der Waals surface area contributed by atoms with Crippen molar-refractivity contribution >= 4 is 11.6 Å². The molecule has 4 rings (SSSR count). The van der Waals surface area contributed by atoms with E-state index in [9.17, 15) is 4.79 Å². The molecular formula is C19H24N4O2. The molecule has 6 heteroatoms. The topological polar surface area (TPSA) is 62.5 Å². The van der Waals surface area contributed by atoms with Crippen LogP contribution < -0.4 is 4.90 Å². The zero-order valence-corrected chi connectivity index (χ0v) is 14.8. The van der Waals surface area contributed by atoms with Crippen LogP contribution in [0.2, 0.25) is 0 Å². The van der Waals surface area contributed by atoms with Crippen molar-refractivity contribution in [2.24, 2.45) is 0 Å². The molecule has 2 atom stereocenters. The lowest BCUT2D eigenvalue weighted by molar-refractivity contribution is -0.120. The number of amides is 1. The molecule has 1 fully saturated rings. The Morgan fingerprint density at radius 3 is 2.96 bits per heavy atom. The van der Waals surface area contributed by atoms with E-state index in [2.05, 4.69) is 34.1 Å². The minimum absolute atomic E-state index is 0.0803. The number of carbonyl (C=O) groups excluding carboxylic acids is 1. The minimum Gasteiger partial charge on any atom is -0.340 e. The van der Waals surface area contributed by atoms with E-state index in [0.29, 0.717) is 18.3 Å². The Kier molecular flexibility index (Phi) is 4.29. The lowest BCUT2D eigenvalue weighted by atomic mass is 9.96. The molecule has 0 unspecified atom stereocenters. The number of benzene rings is 1. The largest absolute Gasteiger partial charge is 0.340 e. The first-order valence-corrected chi connectivity index (χ1v) is 9.07. The fourth-order valence-electron chi connectivity index (χ4n) is 4.08. The monoisotopic (exact) mass is 340 g/mol. The van der Waals surface area contributed by atoms with Crippen LogP contribution in [0.3, 0.4) is 0 Å². The molecule has 0 N–H and O–H groups in total. The predicted octanol–water partition coefficient (Wildman–Crippen LogP) is 2.88. The first kappa shape index (κ1) is 16.3. The first-order chi connectivity index (χ1) is 12.1. The minimum atomic E-state index is 0.0803. The maximum absolute atomic E-state index is 13.1. The maximum Gasteiger partial charge on any atom is 0.241 e. The van der Waals surface area contributed by atoms with Gasteiger partial charge in [0, 0.05) is 18.7 Å². The molecule has 132 valence electrons. The Hall–Kier alpha value is -2.21. The molecule has 0 saturated carbocycles. The molecule has 3 heterocycles. The van der Waals surface area contributed by atoms with E-state index >= 15 is 0 Å². The van der Waals surface area contributed by atoms with Gasteiger partial charge in [0.25, 0.3) is 0 Å². The van der Waals surface area contributed by atoms with Crippen LogP contribution in [0, 0.1) is 6.92 Å². The summed E-state index contributed by atoms with van der Waals surface area (Å²) in [5.41, 5.74) is 2.33. The van der Waals surface area contributed by atoms with Crippen LogP contribution in [0.15, 0.2) is 28.8 Å². The van der Waals surface area contributed by atoms with Crippen molar-refractivity contribution in [1.29, 1.82) is 0 Å². The SMILES string of the molecule is Cc1nc([C@H]2CCCN2CC(=O)N2c3ccccc3CC[C@H]2C)no1. The molecule has 0 radical (unpaired) electrons. The van der Waals surface area contributed by atoms with Crippen molar-refractivity contribution in [2.45, 2.75) is 51.6 Å². The molecular weight excluding hydrogens is 316 g/mol. The molecule has 0 bridgehead atoms. The summed E-state index contributed by atoms with van der Waals surface area (Å²) in [7, 11) is 0. The van der Waals surface area contributed by atoms with Crippen molar-refractivity contribution < 1.29 is 9.32 Å². The summed E-state index contributed by atoms with van der Waals surface area (Å²) in [6.45, 7) is 5.23.